The van der Waals surface area contributed by atoms with Gasteiger partial charge in [-0.15, -0.1) is 0 Å². The van der Waals surface area contributed by atoms with Crippen LogP contribution in [0.3, 0.4) is 0 Å². The Labute approximate surface area is 107 Å². The number of phenolic OH excluding ortho intramolecular Hbond substituents is 1. The van der Waals surface area contributed by atoms with Gasteiger partial charge in [-0.05, 0) is 12.1 Å². The first-order valence-corrected chi connectivity index (χ1v) is 5.25. The second-order valence-corrected chi connectivity index (χ2v) is 3.76. The number of amides is 1. The Balaban J connectivity index is 2.31. The van der Waals surface area contributed by atoms with E-state index >= 15 is 0 Å². The van der Waals surface area contributed by atoms with Gasteiger partial charge in [0.1, 0.15) is 29.0 Å². The molecule has 96 valence electrons. The number of aryl methyl sites for hydroxylation is 1. The fourth-order valence-electron chi connectivity index (χ4n) is 1.53. The van der Waals surface area contributed by atoms with Crippen LogP contribution >= 0.6 is 0 Å². The zero-order valence-corrected chi connectivity index (χ0v) is 9.88. The highest BCUT2D eigenvalue weighted by atomic mass is 19.1. The van der Waals surface area contributed by atoms with E-state index in [0.29, 0.717) is 0 Å². The zero-order chi connectivity index (χ0) is 14.0. The molecule has 0 unspecified atom stereocenters. The monoisotopic (exact) mass is 260 g/mol. The van der Waals surface area contributed by atoms with E-state index in [1.165, 1.54) is 16.9 Å². The molecule has 1 aromatic carbocycles. The molecule has 1 aromatic heterocycles. The van der Waals surface area contributed by atoms with Crippen LogP contribution in [-0.4, -0.2) is 20.8 Å². The summed E-state index contributed by atoms with van der Waals surface area (Å²) in [5.74, 6) is -1.66. The van der Waals surface area contributed by atoms with E-state index in [4.69, 9.17) is 10.4 Å². The van der Waals surface area contributed by atoms with Crippen LogP contribution in [0.4, 0.5) is 10.2 Å². The van der Waals surface area contributed by atoms with Gasteiger partial charge in [0.25, 0.3) is 5.91 Å². The number of nitrogens with zero attached hydrogens (tertiary/aromatic N) is 3. The lowest BCUT2D eigenvalue weighted by Gasteiger charge is -2.07. The Kier molecular flexibility index (Phi) is 3.16. The van der Waals surface area contributed by atoms with Crippen molar-refractivity contribution in [3.05, 3.63) is 41.3 Å². The standard InChI is InChI=1S/C12H9FN4O2/c1-17-11(7(5-14)6-15-17)16-12(19)9-3-2-8(18)4-10(9)13/h2-4,6,18H,1H3,(H,16,19). The Morgan fingerprint density at radius 1 is 1.58 bits per heavy atom. The lowest BCUT2D eigenvalue weighted by Crippen LogP contribution is -2.16. The third-order valence-corrected chi connectivity index (χ3v) is 2.49. The maximum atomic E-state index is 13.5. The molecule has 2 rings (SSSR count). The molecule has 0 aliphatic carbocycles. The topological polar surface area (TPSA) is 90.9 Å². The SMILES string of the molecule is Cn1ncc(C#N)c1NC(=O)c1ccc(O)cc1F. The first-order valence-electron chi connectivity index (χ1n) is 5.25. The summed E-state index contributed by atoms with van der Waals surface area (Å²) in [5.41, 5.74) is -0.0575. The van der Waals surface area contributed by atoms with Gasteiger partial charge < -0.3 is 10.4 Å². The minimum atomic E-state index is -0.849. The van der Waals surface area contributed by atoms with Gasteiger partial charge in [-0.2, -0.15) is 10.4 Å². The molecule has 0 aliphatic heterocycles. The summed E-state index contributed by atoms with van der Waals surface area (Å²) in [5, 5.41) is 24.1. The molecule has 7 heteroatoms. The maximum Gasteiger partial charge on any atom is 0.259 e. The average molecular weight is 260 g/mol. The molecule has 0 saturated heterocycles. The third-order valence-electron chi connectivity index (χ3n) is 2.49. The Morgan fingerprint density at radius 2 is 2.32 bits per heavy atom. The van der Waals surface area contributed by atoms with Gasteiger partial charge in [0.2, 0.25) is 0 Å². The molecule has 0 saturated carbocycles. The number of anilines is 1. The number of nitrogens with one attached hydrogen (secondary N) is 1. The predicted molar refractivity (Wildman–Crippen MR) is 63.9 cm³/mol. The Hall–Kier alpha value is -2.88. The van der Waals surface area contributed by atoms with Crippen LogP contribution in [0.1, 0.15) is 15.9 Å². The van der Waals surface area contributed by atoms with Gasteiger partial charge in [-0.25, -0.2) is 4.39 Å². The Bertz CT molecular complexity index is 688. The van der Waals surface area contributed by atoms with E-state index in [9.17, 15) is 9.18 Å². The third kappa shape index (κ3) is 2.37. The number of nitriles is 1. The molecule has 0 bridgehead atoms. The summed E-state index contributed by atoms with van der Waals surface area (Å²) < 4.78 is 14.8. The first kappa shape index (κ1) is 12.6. The quantitative estimate of drug-likeness (QED) is 0.853. The summed E-state index contributed by atoms with van der Waals surface area (Å²) in [6, 6.07) is 5.06. The molecule has 6 nitrogen and oxygen atoms in total. The van der Waals surface area contributed by atoms with E-state index in [1.807, 2.05) is 6.07 Å². The number of aromatic nitrogens is 2. The van der Waals surface area contributed by atoms with Crippen LogP contribution in [0.15, 0.2) is 24.4 Å². The normalized spacial score (nSPS) is 9.95. The second kappa shape index (κ2) is 4.78. The van der Waals surface area contributed by atoms with Gasteiger partial charge in [-0.1, -0.05) is 0 Å². The van der Waals surface area contributed by atoms with Crippen molar-refractivity contribution < 1.29 is 14.3 Å². The molecule has 1 amide bonds. The van der Waals surface area contributed by atoms with E-state index in [0.717, 1.165) is 12.1 Å². The molecule has 2 aromatic rings. The molecule has 0 radical (unpaired) electrons. The number of carbonyl (C=O) groups is 1. The highest BCUT2D eigenvalue weighted by molar-refractivity contribution is 6.04. The van der Waals surface area contributed by atoms with E-state index in [1.54, 1.807) is 7.05 Å². The molecular weight excluding hydrogens is 251 g/mol. The molecule has 0 spiro atoms. The second-order valence-electron chi connectivity index (χ2n) is 3.76. The van der Waals surface area contributed by atoms with Crippen LogP contribution in [0.5, 0.6) is 5.75 Å². The molecular formula is C12H9FN4O2. The predicted octanol–water partition coefficient (Wildman–Crippen LogP) is 1.39. The number of hydrogen-bond acceptors (Lipinski definition) is 4. The lowest BCUT2D eigenvalue weighted by atomic mass is 10.2. The summed E-state index contributed by atoms with van der Waals surface area (Å²) in [6.07, 6.45) is 1.29. The van der Waals surface area contributed by atoms with Gasteiger partial charge in [0.15, 0.2) is 0 Å². The molecule has 0 fully saturated rings. The number of phenols is 1. The van der Waals surface area contributed by atoms with Gasteiger partial charge >= 0.3 is 0 Å². The number of rotatable bonds is 2. The van der Waals surface area contributed by atoms with Crippen LogP contribution in [-0.2, 0) is 7.05 Å². The first-order chi connectivity index (χ1) is 9.02. The summed E-state index contributed by atoms with van der Waals surface area (Å²) in [6.45, 7) is 0. The van der Waals surface area contributed by atoms with Crippen molar-refractivity contribution in [2.45, 2.75) is 0 Å². The fourth-order valence-corrected chi connectivity index (χ4v) is 1.53. The highest BCUT2D eigenvalue weighted by Crippen LogP contribution is 2.18. The summed E-state index contributed by atoms with van der Waals surface area (Å²) in [4.78, 5) is 11.9. The summed E-state index contributed by atoms with van der Waals surface area (Å²) >= 11 is 0. The molecule has 0 aliphatic rings. The number of benzene rings is 1. The molecule has 1 heterocycles. The van der Waals surface area contributed by atoms with E-state index in [-0.39, 0.29) is 22.7 Å². The zero-order valence-electron chi connectivity index (χ0n) is 9.88. The average Bonchev–Trinajstić information content (AvgIpc) is 2.70. The lowest BCUT2D eigenvalue weighted by molar-refractivity contribution is 0.102. The van der Waals surface area contributed by atoms with E-state index < -0.39 is 11.7 Å². The van der Waals surface area contributed by atoms with Crippen molar-refractivity contribution >= 4 is 11.7 Å². The maximum absolute atomic E-state index is 13.5. The van der Waals surface area contributed by atoms with Crippen molar-refractivity contribution in [2.24, 2.45) is 7.05 Å². The van der Waals surface area contributed by atoms with Crippen LogP contribution in [0.2, 0.25) is 0 Å². The number of aromatic hydroxyl groups is 1. The number of halogens is 1. The smallest absolute Gasteiger partial charge is 0.259 e. The molecule has 0 atom stereocenters. The van der Waals surface area contributed by atoms with Crippen molar-refractivity contribution in [2.75, 3.05) is 5.32 Å². The minimum absolute atomic E-state index is 0.176. The van der Waals surface area contributed by atoms with Gasteiger partial charge in [0, 0.05) is 13.1 Å². The van der Waals surface area contributed by atoms with Crippen LogP contribution in [0, 0.1) is 17.1 Å². The summed E-state index contributed by atoms with van der Waals surface area (Å²) in [7, 11) is 1.55. The van der Waals surface area contributed by atoms with Gasteiger partial charge in [0.05, 0.1) is 11.8 Å². The van der Waals surface area contributed by atoms with Gasteiger partial charge in [-0.3, -0.25) is 9.48 Å². The van der Waals surface area contributed by atoms with Crippen molar-refractivity contribution in [1.29, 1.82) is 5.26 Å². The largest absolute Gasteiger partial charge is 0.508 e. The van der Waals surface area contributed by atoms with Crippen LogP contribution < -0.4 is 5.32 Å². The Morgan fingerprint density at radius 3 is 2.95 bits per heavy atom. The number of carbonyl (C=O) groups excluding carboxylic acids is 1. The van der Waals surface area contributed by atoms with Crippen LogP contribution in [0.25, 0.3) is 0 Å². The number of hydrogen-bond donors (Lipinski definition) is 2. The van der Waals surface area contributed by atoms with Crippen molar-refractivity contribution in [1.82, 2.24) is 9.78 Å². The molecule has 19 heavy (non-hydrogen) atoms. The fraction of sp³-hybridized carbons (Fsp3) is 0.0833. The van der Waals surface area contributed by atoms with E-state index in [2.05, 4.69) is 10.4 Å². The minimum Gasteiger partial charge on any atom is -0.508 e. The van der Waals surface area contributed by atoms with Crippen molar-refractivity contribution in [3.63, 3.8) is 0 Å². The highest BCUT2D eigenvalue weighted by Gasteiger charge is 2.16. The molecule has 2 N–H and O–H groups in total. The van der Waals surface area contributed by atoms with Crippen molar-refractivity contribution in [3.8, 4) is 11.8 Å².